The van der Waals surface area contributed by atoms with Crippen LogP contribution in [0.1, 0.15) is 52.4 Å². The van der Waals surface area contributed by atoms with Gasteiger partial charge in [0.15, 0.2) is 6.61 Å². The highest BCUT2D eigenvalue weighted by molar-refractivity contribution is 5.78. The molecule has 2 saturated carbocycles. The summed E-state index contributed by atoms with van der Waals surface area (Å²) >= 11 is 0. The van der Waals surface area contributed by atoms with Crippen molar-refractivity contribution in [1.82, 2.24) is 0 Å². The molecule has 4 fully saturated rings. The van der Waals surface area contributed by atoms with Gasteiger partial charge >= 0.3 is 11.9 Å². The molecule has 6 nitrogen and oxygen atoms in total. The van der Waals surface area contributed by atoms with Crippen LogP contribution in [0.2, 0.25) is 0 Å². The maximum atomic E-state index is 12.1. The molecule has 4 rings (SSSR count). The summed E-state index contributed by atoms with van der Waals surface area (Å²) in [6, 6.07) is 0. The van der Waals surface area contributed by atoms with E-state index in [1.165, 1.54) is 0 Å². The number of hydrogen-bond donors (Lipinski definition) is 0. The van der Waals surface area contributed by atoms with Gasteiger partial charge in [-0.05, 0) is 58.3 Å². The Morgan fingerprint density at radius 3 is 2.33 bits per heavy atom. The van der Waals surface area contributed by atoms with Crippen LogP contribution in [0.3, 0.4) is 0 Å². The predicted molar refractivity (Wildman–Crippen MR) is 83.2 cm³/mol. The summed E-state index contributed by atoms with van der Waals surface area (Å²) in [6.45, 7) is 4.32. The van der Waals surface area contributed by atoms with E-state index in [1.807, 2.05) is 0 Å². The molecule has 0 amide bonds. The van der Waals surface area contributed by atoms with E-state index in [0.717, 1.165) is 32.1 Å². The van der Waals surface area contributed by atoms with Crippen molar-refractivity contribution in [1.29, 1.82) is 0 Å². The van der Waals surface area contributed by atoms with E-state index >= 15 is 0 Å². The highest BCUT2D eigenvalue weighted by atomic mass is 16.6. The molecule has 0 spiro atoms. The molecule has 6 unspecified atom stereocenters. The second kappa shape index (κ2) is 5.70. The minimum atomic E-state index is -0.461. The minimum Gasteiger partial charge on any atom is -0.463 e. The van der Waals surface area contributed by atoms with Crippen LogP contribution in [0.15, 0.2) is 0 Å². The summed E-state index contributed by atoms with van der Waals surface area (Å²) < 4.78 is 21.6. The van der Waals surface area contributed by atoms with Gasteiger partial charge in [0.2, 0.25) is 0 Å². The van der Waals surface area contributed by atoms with Crippen molar-refractivity contribution in [2.45, 2.75) is 75.8 Å². The van der Waals surface area contributed by atoms with Gasteiger partial charge in [0.1, 0.15) is 0 Å². The van der Waals surface area contributed by atoms with E-state index < -0.39 is 5.97 Å². The summed E-state index contributed by atoms with van der Waals surface area (Å²) in [5, 5.41) is 0. The van der Waals surface area contributed by atoms with Gasteiger partial charge in [-0.15, -0.1) is 0 Å². The monoisotopic (exact) mass is 338 g/mol. The average molecular weight is 338 g/mol. The van der Waals surface area contributed by atoms with Crippen molar-refractivity contribution < 1.29 is 28.5 Å². The SMILES string of the molecule is CC12CCC(COC(=O)COC(=O)C3CCC4(C)OC4C3)CC1O2. The fraction of sp³-hybridized carbons (Fsp3) is 0.889. The van der Waals surface area contributed by atoms with Crippen LogP contribution in [0.4, 0.5) is 0 Å². The van der Waals surface area contributed by atoms with Crippen LogP contribution in [-0.4, -0.2) is 48.6 Å². The molecule has 0 aromatic carbocycles. The van der Waals surface area contributed by atoms with E-state index in [0.29, 0.717) is 25.0 Å². The van der Waals surface area contributed by atoms with Crippen LogP contribution >= 0.6 is 0 Å². The Labute approximate surface area is 142 Å². The average Bonchev–Trinajstić information content (AvgIpc) is 3.42. The first-order valence-electron chi connectivity index (χ1n) is 9.06. The van der Waals surface area contributed by atoms with E-state index in [-0.39, 0.29) is 35.8 Å². The summed E-state index contributed by atoms with van der Waals surface area (Å²) in [6.07, 6.45) is 5.85. The van der Waals surface area contributed by atoms with Crippen molar-refractivity contribution in [3.05, 3.63) is 0 Å². The first-order valence-corrected chi connectivity index (χ1v) is 9.06. The minimum absolute atomic E-state index is 0.0168. The zero-order valence-electron chi connectivity index (χ0n) is 14.4. The van der Waals surface area contributed by atoms with E-state index in [9.17, 15) is 9.59 Å². The lowest BCUT2D eigenvalue weighted by Gasteiger charge is -2.22. The number of esters is 2. The summed E-state index contributed by atoms with van der Waals surface area (Å²) in [7, 11) is 0. The number of carbonyl (C=O) groups excluding carboxylic acids is 2. The van der Waals surface area contributed by atoms with Crippen LogP contribution in [0.25, 0.3) is 0 Å². The van der Waals surface area contributed by atoms with E-state index in [2.05, 4.69) is 13.8 Å². The molecule has 0 N–H and O–H groups in total. The standard InChI is InChI=1S/C18H26O6/c1-17-5-3-11(7-13(17)23-17)9-21-15(19)10-22-16(20)12-4-6-18(2)14(8-12)24-18/h11-14H,3-10H2,1-2H3. The number of rotatable bonds is 5. The lowest BCUT2D eigenvalue weighted by atomic mass is 9.83. The van der Waals surface area contributed by atoms with Gasteiger partial charge in [0, 0.05) is 0 Å². The topological polar surface area (TPSA) is 77.7 Å². The summed E-state index contributed by atoms with van der Waals surface area (Å²) in [4.78, 5) is 23.9. The Bertz CT molecular complexity index is 548. The van der Waals surface area contributed by atoms with Crippen molar-refractivity contribution in [2.24, 2.45) is 11.8 Å². The van der Waals surface area contributed by atoms with Crippen molar-refractivity contribution in [2.75, 3.05) is 13.2 Å². The van der Waals surface area contributed by atoms with E-state index in [1.54, 1.807) is 0 Å². The van der Waals surface area contributed by atoms with Crippen LogP contribution in [-0.2, 0) is 28.5 Å². The van der Waals surface area contributed by atoms with Gasteiger partial charge in [-0.25, -0.2) is 4.79 Å². The molecule has 6 atom stereocenters. The van der Waals surface area contributed by atoms with Crippen LogP contribution in [0, 0.1) is 11.8 Å². The molecule has 2 aliphatic heterocycles. The highest BCUT2D eigenvalue weighted by Crippen LogP contribution is 2.50. The van der Waals surface area contributed by atoms with Crippen LogP contribution < -0.4 is 0 Å². The van der Waals surface area contributed by atoms with Gasteiger partial charge in [0.05, 0.1) is 35.9 Å². The lowest BCUT2D eigenvalue weighted by molar-refractivity contribution is -0.162. The quantitative estimate of drug-likeness (QED) is 0.563. The van der Waals surface area contributed by atoms with Crippen LogP contribution in [0.5, 0.6) is 0 Å². The number of fused-ring (bicyclic) bond motifs is 2. The van der Waals surface area contributed by atoms with Gasteiger partial charge in [-0.1, -0.05) is 0 Å². The largest absolute Gasteiger partial charge is 0.463 e. The third kappa shape index (κ3) is 3.18. The number of carbonyl (C=O) groups is 2. The lowest BCUT2D eigenvalue weighted by Crippen LogP contribution is -2.30. The third-order valence-electron chi connectivity index (χ3n) is 6.30. The number of epoxide rings is 2. The molecule has 0 aromatic heterocycles. The Hall–Kier alpha value is -1.14. The number of hydrogen-bond acceptors (Lipinski definition) is 6. The zero-order valence-corrected chi connectivity index (χ0v) is 14.4. The molecule has 0 aromatic rings. The Balaban J connectivity index is 1.13. The molecular weight excluding hydrogens is 312 g/mol. The predicted octanol–water partition coefficient (Wildman–Crippen LogP) is 1.99. The van der Waals surface area contributed by atoms with Gasteiger partial charge in [-0.2, -0.15) is 0 Å². The van der Waals surface area contributed by atoms with Gasteiger partial charge < -0.3 is 18.9 Å². The Morgan fingerprint density at radius 1 is 1.00 bits per heavy atom. The van der Waals surface area contributed by atoms with Gasteiger partial charge in [0.25, 0.3) is 0 Å². The molecule has 2 aliphatic carbocycles. The molecule has 2 heterocycles. The molecule has 6 heteroatoms. The van der Waals surface area contributed by atoms with Gasteiger partial charge in [-0.3, -0.25) is 4.79 Å². The number of ether oxygens (including phenoxy) is 4. The summed E-state index contributed by atoms with van der Waals surface area (Å²) in [5.74, 6) is -0.560. The molecule has 0 bridgehead atoms. The Kier molecular flexibility index (Phi) is 3.88. The molecule has 24 heavy (non-hydrogen) atoms. The van der Waals surface area contributed by atoms with Crippen molar-refractivity contribution in [3.8, 4) is 0 Å². The van der Waals surface area contributed by atoms with Crippen molar-refractivity contribution >= 4 is 11.9 Å². The maximum absolute atomic E-state index is 12.1. The second-order valence-electron chi connectivity index (χ2n) is 8.24. The van der Waals surface area contributed by atoms with Crippen molar-refractivity contribution in [3.63, 3.8) is 0 Å². The first-order chi connectivity index (χ1) is 11.4. The zero-order chi connectivity index (χ0) is 16.9. The fourth-order valence-corrected chi connectivity index (χ4v) is 4.23. The summed E-state index contributed by atoms with van der Waals surface area (Å²) in [5.41, 5.74) is 0.0639. The molecule has 4 aliphatic rings. The molecule has 134 valence electrons. The normalized spacial score (nSPS) is 45.6. The molecule has 2 saturated heterocycles. The fourth-order valence-electron chi connectivity index (χ4n) is 4.23. The second-order valence-corrected chi connectivity index (χ2v) is 8.24. The molecular formula is C18H26O6. The first kappa shape index (κ1) is 16.3. The third-order valence-corrected chi connectivity index (χ3v) is 6.30. The smallest absolute Gasteiger partial charge is 0.344 e. The van der Waals surface area contributed by atoms with E-state index in [4.69, 9.17) is 18.9 Å². The molecule has 0 radical (unpaired) electrons. The maximum Gasteiger partial charge on any atom is 0.344 e. The highest BCUT2D eigenvalue weighted by Gasteiger charge is 2.56. The Morgan fingerprint density at radius 2 is 1.67 bits per heavy atom.